The van der Waals surface area contributed by atoms with Crippen LogP contribution in [0.25, 0.3) is 10.9 Å². The fourth-order valence-corrected chi connectivity index (χ4v) is 5.50. The minimum absolute atomic E-state index is 0.143. The van der Waals surface area contributed by atoms with Crippen molar-refractivity contribution in [2.75, 3.05) is 23.9 Å². The van der Waals surface area contributed by atoms with Crippen LogP contribution in [0.4, 0.5) is 16.0 Å². The molecule has 0 spiro atoms. The first-order valence-electron chi connectivity index (χ1n) is 11.3. The molecule has 3 fully saturated rings. The van der Waals surface area contributed by atoms with E-state index in [2.05, 4.69) is 44.4 Å². The number of nitrogens with zero attached hydrogens (tertiary/aromatic N) is 3. The molecule has 3 aliphatic heterocycles. The number of halogens is 1. The number of piperidine rings is 2. The van der Waals surface area contributed by atoms with Crippen LogP contribution < -0.4 is 21.5 Å². The van der Waals surface area contributed by atoms with Gasteiger partial charge in [0, 0.05) is 48.4 Å². The molecule has 2 aromatic heterocycles. The molecule has 0 radical (unpaired) electrons. The van der Waals surface area contributed by atoms with E-state index in [1.165, 1.54) is 19.3 Å². The lowest BCUT2D eigenvalue weighted by Gasteiger charge is -2.48. The standard InChI is InChI=1S/C22H32FN7/c1-14-10-21(29-28-14)26-20-13-19-18(6-3-8-24-19)22(27-20)25-15-11-16-4-2-5-17(12-15)30(16)9-7-23/h3,6,8,13-17,21,28-29H,2,4-5,7,9-12H2,1H3,(H2,25,26,27)/t14?,15?,16-,17+,21?. The van der Waals surface area contributed by atoms with Gasteiger partial charge in [-0.1, -0.05) is 6.42 Å². The van der Waals surface area contributed by atoms with Crippen LogP contribution in [0.1, 0.15) is 45.4 Å². The fourth-order valence-electron chi connectivity index (χ4n) is 5.50. The summed E-state index contributed by atoms with van der Waals surface area (Å²) in [6, 6.07) is 7.80. The third kappa shape index (κ3) is 4.08. The summed E-state index contributed by atoms with van der Waals surface area (Å²) in [6.07, 6.45) is 8.65. The summed E-state index contributed by atoms with van der Waals surface area (Å²) in [5, 5.41) is 8.28. The average Bonchev–Trinajstić information content (AvgIpc) is 3.13. The Kier molecular flexibility index (Phi) is 5.71. The van der Waals surface area contributed by atoms with Crippen molar-refractivity contribution in [2.45, 2.75) is 75.8 Å². The molecular weight excluding hydrogens is 381 g/mol. The molecule has 2 bridgehead atoms. The van der Waals surface area contributed by atoms with Crippen LogP contribution in [-0.2, 0) is 0 Å². The molecule has 3 aliphatic rings. The SMILES string of the molecule is CC1CC(Nc2cc3ncccc3c(NC3C[C@H]4CCC[C@@H](C3)N4CCF)n2)NN1. The average molecular weight is 414 g/mol. The summed E-state index contributed by atoms with van der Waals surface area (Å²) in [6.45, 7) is 2.48. The van der Waals surface area contributed by atoms with E-state index in [4.69, 9.17) is 4.98 Å². The Balaban J connectivity index is 1.37. The zero-order valence-corrected chi connectivity index (χ0v) is 17.6. The number of hydrazine groups is 1. The van der Waals surface area contributed by atoms with Gasteiger partial charge in [-0.15, -0.1) is 0 Å². The maximum atomic E-state index is 13.0. The summed E-state index contributed by atoms with van der Waals surface area (Å²) in [5.74, 6) is 1.72. The van der Waals surface area contributed by atoms with E-state index in [0.717, 1.165) is 41.8 Å². The molecule has 3 saturated heterocycles. The Morgan fingerprint density at radius 2 is 2.00 bits per heavy atom. The normalized spacial score (nSPS) is 31.7. The van der Waals surface area contributed by atoms with Gasteiger partial charge in [0.25, 0.3) is 0 Å². The lowest BCUT2D eigenvalue weighted by atomic mass is 9.81. The van der Waals surface area contributed by atoms with Gasteiger partial charge >= 0.3 is 0 Å². The molecule has 0 aromatic carbocycles. The lowest BCUT2D eigenvalue weighted by molar-refractivity contribution is 0.0303. The van der Waals surface area contributed by atoms with E-state index in [0.29, 0.717) is 30.7 Å². The molecule has 0 amide bonds. The summed E-state index contributed by atoms with van der Waals surface area (Å²) in [7, 11) is 0. The van der Waals surface area contributed by atoms with Crippen LogP contribution in [0.5, 0.6) is 0 Å². The highest BCUT2D eigenvalue weighted by Crippen LogP contribution is 2.36. The second-order valence-corrected chi connectivity index (χ2v) is 9.03. The minimum Gasteiger partial charge on any atom is -0.367 e. The molecule has 5 rings (SSSR count). The first-order valence-corrected chi connectivity index (χ1v) is 11.3. The zero-order valence-electron chi connectivity index (χ0n) is 17.6. The van der Waals surface area contributed by atoms with E-state index >= 15 is 0 Å². The van der Waals surface area contributed by atoms with Gasteiger partial charge in [-0.25, -0.2) is 14.8 Å². The number of rotatable bonds is 6. The van der Waals surface area contributed by atoms with Crippen LogP contribution in [-0.4, -0.2) is 58.4 Å². The van der Waals surface area contributed by atoms with Crippen molar-refractivity contribution in [2.24, 2.45) is 0 Å². The monoisotopic (exact) mass is 413 g/mol. The third-order valence-electron chi connectivity index (χ3n) is 6.82. The van der Waals surface area contributed by atoms with Gasteiger partial charge in [-0.2, -0.15) is 0 Å². The molecule has 3 unspecified atom stereocenters. The lowest BCUT2D eigenvalue weighted by Crippen LogP contribution is -2.55. The Morgan fingerprint density at radius 1 is 1.17 bits per heavy atom. The number of anilines is 2. The number of fused-ring (bicyclic) bond motifs is 3. The number of hydrogen-bond donors (Lipinski definition) is 4. The van der Waals surface area contributed by atoms with Crippen molar-refractivity contribution in [3.05, 3.63) is 24.4 Å². The van der Waals surface area contributed by atoms with Crippen molar-refractivity contribution >= 4 is 22.5 Å². The third-order valence-corrected chi connectivity index (χ3v) is 6.82. The van der Waals surface area contributed by atoms with E-state index in [1.807, 2.05) is 18.3 Å². The van der Waals surface area contributed by atoms with Gasteiger partial charge in [0.15, 0.2) is 0 Å². The number of aromatic nitrogens is 2. The van der Waals surface area contributed by atoms with E-state index < -0.39 is 0 Å². The highest BCUT2D eigenvalue weighted by atomic mass is 19.1. The Morgan fingerprint density at radius 3 is 2.73 bits per heavy atom. The smallest absolute Gasteiger partial charge is 0.138 e. The van der Waals surface area contributed by atoms with Crippen molar-refractivity contribution in [1.29, 1.82) is 0 Å². The van der Waals surface area contributed by atoms with Gasteiger partial charge in [0.1, 0.15) is 18.3 Å². The molecule has 2 aromatic rings. The number of alkyl halides is 1. The van der Waals surface area contributed by atoms with Crippen LogP contribution in [0, 0.1) is 0 Å². The first kappa shape index (κ1) is 19.9. The predicted octanol–water partition coefficient (Wildman–Crippen LogP) is 3.02. The molecule has 4 N–H and O–H groups in total. The molecule has 0 aliphatic carbocycles. The fraction of sp³-hybridized carbons (Fsp3) is 0.636. The van der Waals surface area contributed by atoms with Gasteiger partial charge < -0.3 is 10.6 Å². The van der Waals surface area contributed by atoms with Crippen LogP contribution in [0.3, 0.4) is 0 Å². The molecule has 5 atom stereocenters. The molecule has 5 heterocycles. The predicted molar refractivity (Wildman–Crippen MR) is 118 cm³/mol. The van der Waals surface area contributed by atoms with E-state index in [1.54, 1.807) is 0 Å². The Labute approximate surface area is 177 Å². The van der Waals surface area contributed by atoms with E-state index in [-0.39, 0.29) is 12.8 Å². The largest absolute Gasteiger partial charge is 0.367 e. The van der Waals surface area contributed by atoms with Gasteiger partial charge in [0.2, 0.25) is 0 Å². The highest BCUT2D eigenvalue weighted by molar-refractivity contribution is 5.91. The zero-order chi connectivity index (χ0) is 20.5. The van der Waals surface area contributed by atoms with Crippen LogP contribution in [0.2, 0.25) is 0 Å². The van der Waals surface area contributed by atoms with Gasteiger partial charge in [0.05, 0.1) is 11.7 Å². The Hall–Kier alpha value is -2.03. The van der Waals surface area contributed by atoms with Gasteiger partial charge in [-0.05, 0) is 51.2 Å². The summed E-state index contributed by atoms with van der Waals surface area (Å²) in [5.41, 5.74) is 7.45. The van der Waals surface area contributed by atoms with Crippen molar-refractivity contribution in [3.8, 4) is 0 Å². The second-order valence-electron chi connectivity index (χ2n) is 9.03. The number of pyridine rings is 2. The summed E-state index contributed by atoms with van der Waals surface area (Å²) < 4.78 is 13.0. The quantitative estimate of drug-likeness (QED) is 0.580. The maximum absolute atomic E-state index is 13.0. The molecular formula is C22H32FN7. The highest BCUT2D eigenvalue weighted by Gasteiger charge is 2.38. The van der Waals surface area contributed by atoms with Crippen molar-refractivity contribution < 1.29 is 4.39 Å². The first-order chi connectivity index (χ1) is 14.7. The maximum Gasteiger partial charge on any atom is 0.138 e. The van der Waals surface area contributed by atoms with Gasteiger partial charge in [-0.3, -0.25) is 15.3 Å². The molecule has 0 saturated carbocycles. The van der Waals surface area contributed by atoms with Crippen LogP contribution >= 0.6 is 0 Å². The molecule has 7 nitrogen and oxygen atoms in total. The molecule has 162 valence electrons. The van der Waals surface area contributed by atoms with Crippen molar-refractivity contribution in [3.63, 3.8) is 0 Å². The minimum atomic E-state index is -0.251. The topological polar surface area (TPSA) is 77.1 Å². The van der Waals surface area contributed by atoms with E-state index in [9.17, 15) is 4.39 Å². The van der Waals surface area contributed by atoms with Crippen molar-refractivity contribution in [1.82, 2.24) is 25.7 Å². The summed E-state index contributed by atoms with van der Waals surface area (Å²) >= 11 is 0. The molecule has 30 heavy (non-hydrogen) atoms. The second kappa shape index (κ2) is 8.61. The van der Waals surface area contributed by atoms with Crippen LogP contribution in [0.15, 0.2) is 24.4 Å². The number of hydrogen-bond acceptors (Lipinski definition) is 7. The molecule has 8 heteroatoms. The summed E-state index contributed by atoms with van der Waals surface area (Å²) in [4.78, 5) is 11.9. The Bertz CT molecular complexity index is 864. The number of nitrogens with one attached hydrogen (secondary N) is 4.